The summed E-state index contributed by atoms with van der Waals surface area (Å²) in [6, 6.07) is 16.1. The molecular formula is C23H26N2O3. The zero-order chi connectivity index (χ0) is 20.3. The third kappa shape index (κ3) is 3.99. The van der Waals surface area contributed by atoms with E-state index in [4.69, 9.17) is 0 Å². The molecule has 146 valence electrons. The van der Waals surface area contributed by atoms with Crippen LogP contribution in [0.1, 0.15) is 29.2 Å². The number of hydrogen-bond acceptors (Lipinski definition) is 4. The summed E-state index contributed by atoms with van der Waals surface area (Å²) in [6.45, 7) is 3.25. The molecule has 1 aliphatic rings. The van der Waals surface area contributed by atoms with E-state index >= 15 is 0 Å². The molecule has 0 aliphatic carbocycles. The average Bonchev–Trinajstić information content (AvgIpc) is 2.93. The third-order valence-corrected chi connectivity index (χ3v) is 4.98. The molecular weight excluding hydrogens is 352 g/mol. The summed E-state index contributed by atoms with van der Waals surface area (Å²) in [4.78, 5) is 29.3. The van der Waals surface area contributed by atoms with E-state index < -0.39 is 17.7 Å². The van der Waals surface area contributed by atoms with Gasteiger partial charge in [-0.1, -0.05) is 60.2 Å². The van der Waals surface area contributed by atoms with E-state index in [0.717, 1.165) is 24.1 Å². The molecule has 0 unspecified atom stereocenters. The Morgan fingerprint density at radius 2 is 1.68 bits per heavy atom. The number of aryl methyl sites for hydroxylation is 1. The van der Waals surface area contributed by atoms with Gasteiger partial charge in [0.1, 0.15) is 5.76 Å². The van der Waals surface area contributed by atoms with E-state index in [2.05, 4.69) is 0 Å². The fourth-order valence-corrected chi connectivity index (χ4v) is 3.51. The van der Waals surface area contributed by atoms with Gasteiger partial charge in [0.05, 0.1) is 11.6 Å². The van der Waals surface area contributed by atoms with Crippen LogP contribution in [0.2, 0.25) is 0 Å². The largest absolute Gasteiger partial charge is 0.507 e. The second-order valence-corrected chi connectivity index (χ2v) is 7.43. The van der Waals surface area contributed by atoms with Crippen molar-refractivity contribution in [3.8, 4) is 0 Å². The molecule has 0 saturated carbocycles. The normalized spacial score (nSPS) is 18.9. The number of rotatable bonds is 6. The molecule has 3 rings (SSSR count). The Labute approximate surface area is 165 Å². The van der Waals surface area contributed by atoms with Crippen molar-refractivity contribution >= 4 is 17.4 Å². The fraction of sp³-hybridized carbons (Fsp3) is 0.304. The van der Waals surface area contributed by atoms with Crippen molar-refractivity contribution in [3.63, 3.8) is 0 Å². The quantitative estimate of drug-likeness (QED) is 0.476. The van der Waals surface area contributed by atoms with Crippen molar-refractivity contribution in [3.05, 3.63) is 76.9 Å². The van der Waals surface area contributed by atoms with Gasteiger partial charge in [0.15, 0.2) is 0 Å². The maximum atomic E-state index is 12.9. The van der Waals surface area contributed by atoms with Gasteiger partial charge in [-0.3, -0.25) is 9.59 Å². The van der Waals surface area contributed by atoms with Crippen molar-refractivity contribution in [2.45, 2.75) is 19.4 Å². The maximum Gasteiger partial charge on any atom is 0.295 e. The molecule has 2 aromatic carbocycles. The minimum absolute atomic E-state index is 0.125. The van der Waals surface area contributed by atoms with Crippen molar-refractivity contribution < 1.29 is 14.7 Å². The summed E-state index contributed by atoms with van der Waals surface area (Å²) in [7, 11) is 3.95. The lowest BCUT2D eigenvalue weighted by molar-refractivity contribution is -0.139. The molecule has 5 heteroatoms. The Morgan fingerprint density at radius 1 is 1.04 bits per heavy atom. The topological polar surface area (TPSA) is 60.9 Å². The summed E-state index contributed by atoms with van der Waals surface area (Å²) >= 11 is 0. The lowest BCUT2D eigenvalue weighted by Crippen LogP contribution is -2.32. The molecule has 1 heterocycles. The van der Waals surface area contributed by atoms with Crippen molar-refractivity contribution in [1.82, 2.24) is 9.80 Å². The predicted molar refractivity (Wildman–Crippen MR) is 110 cm³/mol. The van der Waals surface area contributed by atoms with Gasteiger partial charge in [-0.15, -0.1) is 0 Å². The van der Waals surface area contributed by atoms with E-state index in [1.165, 1.54) is 0 Å². The molecule has 1 N–H and O–H groups in total. The molecule has 1 aliphatic heterocycles. The SMILES string of the molecule is Cc1ccc([C@H]2/C(=C(\O)c3ccccc3)C(=O)C(=O)N2CCCN(C)C)cc1. The number of likely N-dealkylation sites (tertiary alicyclic amines) is 1. The number of benzene rings is 2. The van der Waals surface area contributed by atoms with Crippen LogP contribution in [-0.2, 0) is 9.59 Å². The Bertz CT molecular complexity index is 886. The van der Waals surface area contributed by atoms with Gasteiger partial charge >= 0.3 is 0 Å². The van der Waals surface area contributed by atoms with Crippen LogP contribution in [0.5, 0.6) is 0 Å². The van der Waals surface area contributed by atoms with E-state index in [1.807, 2.05) is 56.3 Å². The molecule has 0 aromatic heterocycles. The van der Waals surface area contributed by atoms with Crippen LogP contribution in [0, 0.1) is 6.92 Å². The number of carbonyl (C=O) groups excluding carboxylic acids is 2. The average molecular weight is 378 g/mol. The molecule has 1 amide bonds. The first-order valence-electron chi connectivity index (χ1n) is 9.45. The minimum atomic E-state index is -0.628. The van der Waals surface area contributed by atoms with Gasteiger partial charge in [-0.05, 0) is 39.5 Å². The Balaban J connectivity index is 2.07. The van der Waals surface area contributed by atoms with Gasteiger partial charge in [0.25, 0.3) is 11.7 Å². The molecule has 1 saturated heterocycles. The molecule has 0 radical (unpaired) electrons. The monoisotopic (exact) mass is 378 g/mol. The summed E-state index contributed by atoms with van der Waals surface area (Å²) in [6.07, 6.45) is 0.744. The molecule has 2 aromatic rings. The first-order valence-corrected chi connectivity index (χ1v) is 9.45. The van der Waals surface area contributed by atoms with Crippen LogP contribution in [0.15, 0.2) is 60.2 Å². The highest BCUT2D eigenvalue weighted by Gasteiger charge is 2.45. The minimum Gasteiger partial charge on any atom is -0.507 e. The molecule has 5 nitrogen and oxygen atoms in total. The molecule has 1 atom stereocenters. The van der Waals surface area contributed by atoms with Gasteiger partial charge < -0.3 is 14.9 Å². The molecule has 0 spiro atoms. The lowest BCUT2D eigenvalue weighted by atomic mass is 9.94. The van der Waals surface area contributed by atoms with Crippen molar-refractivity contribution in [2.75, 3.05) is 27.2 Å². The molecule has 28 heavy (non-hydrogen) atoms. The number of aliphatic hydroxyl groups excluding tert-OH is 1. The first kappa shape index (κ1) is 19.8. The van der Waals surface area contributed by atoms with Gasteiger partial charge in [0.2, 0.25) is 0 Å². The number of ketones is 1. The van der Waals surface area contributed by atoms with Crippen LogP contribution in [0.3, 0.4) is 0 Å². The Hall–Kier alpha value is -2.92. The summed E-state index contributed by atoms with van der Waals surface area (Å²) in [5.41, 5.74) is 2.61. The fourth-order valence-electron chi connectivity index (χ4n) is 3.51. The number of aliphatic hydroxyl groups is 1. The lowest BCUT2D eigenvalue weighted by Gasteiger charge is -2.26. The highest BCUT2D eigenvalue weighted by molar-refractivity contribution is 6.46. The summed E-state index contributed by atoms with van der Waals surface area (Å²) < 4.78 is 0. The highest BCUT2D eigenvalue weighted by atomic mass is 16.3. The Kier molecular flexibility index (Phi) is 5.95. The van der Waals surface area contributed by atoms with Crippen molar-refractivity contribution in [1.29, 1.82) is 0 Å². The van der Waals surface area contributed by atoms with Crippen LogP contribution in [-0.4, -0.2) is 53.8 Å². The van der Waals surface area contributed by atoms with E-state index in [-0.39, 0.29) is 11.3 Å². The zero-order valence-electron chi connectivity index (χ0n) is 16.6. The van der Waals surface area contributed by atoms with E-state index in [0.29, 0.717) is 12.1 Å². The predicted octanol–water partition coefficient (Wildman–Crippen LogP) is 3.37. The van der Waals surface area contributed by atoms with Gasteiger partial charge in [-0.25, -0.2) is 0 Å². The second kappa shape index (κ2) is 8.40. The summed E-state index contributed by atoms with van der Waals surface area (Å²) in [5, 5.41) is 10.9. The van der Waals surface area contributed by atoms with Crippen LogP contribution >= 0.6 is 0 Å². The number of hydrogen-bond donors (Lipinski definition) is 1. The maximum absolute atomic E-state index is 12.9. The van der Waals surface area contributed by atoms with Crippen LogP contribution in [0.4, 0.5) is 0 Å². The first-order chi connectivity index (χ1) is 13.4. The highest BCUT2D eigenvalue weighted by Crippen LogP contribution is 2.39. The Morgan fingerprint density at radius 3 is 2.29 bits per heavy atom. The zero-order valence-corrected chi connectivity index (χ0v) is 16.6. The smallest absolute Gasteiger partial charge is 0.295 e. The van der Waals surface area contributed by atoms with Gasteiger partial charge in [-0.2, -0.15) is 0 Å². The van der Waals surface area contributed by atoms with E-state index in [1.54, 1.807) is 29.2 Å². The third-order valence-electron chi connectivity index (χ3n) is 4.98. The number of Topliss-reactive ketones (excluding diaryl/α,β-unsaturated/α-hetero) is 1. The number of carbonyl (C=O) groups is 2. The molecule has 1 fully saturated rings. The second-order valence-electron chi connectivity index (χ2n) is 7.43. The number of amides is 1. The molecule has 0 bridgehead atoms. The standard InChI is InChI=1S/C23H26N2O3/c1-16-10-12-17(13-11-16)20-19(21(26)18-8-5-4-6-9-18)22(27)23(28)25(20)15-7-14-24(2)3/h4-6,8-13,20,26H,7,14-15H2,1-3H3/b21-19+/t20-/m0/s1. The summed E-state index contributed by atoms with van der Waals surface area (Å²) in [5.74, 6) is -1.31. The number of nitrogens with zero attached hydrogens (tertiary/aromatic N) is 2. The van der Waals surface area contributed by atoms with Gasteiger partial charge in [0, 0.05) is 12.1 Å². The van der Waals surface area contributed by atoms with Crippen LogP contribution < -0.4 is 0 Å². The van der Waals surface area contributed by atoms with E-state index in [9.17, 15) is 14.7 Å². The van der Waals surface area contributed by atoms with Crippen molar-refractivity contribution in [2.24, 2.45) is 0 Å². The van der Waals surface area contributed by atoms with Crippen LogP contribution in [0.25, 0.3) is 5.76 Å².